The van der Waals surface area contributed by atoms with E-state index < -0.39 is 58.0 Å². The lowest BCUT2D eigenvalue weighted by Gasteiger charge is -2.39. The van der Waals surface area contributed by atoms with E-state index in [1.807, 2.05) is 178 Å². The smallest absolute Gasteiger partial charge is 0.403 e. The Balaban J connectivity index is 0.808. The minimum absolute atomic E-state index is 0.00837. The molecule has 10 heterocycles. The number of halogens is 3. The molecule has 0 aliphatic carbocycles. The first-order valence-corrected chi connectivity index (χ1v) is 35.2. The zero-order valence-corrected chi connectivity index (χ0v) is 57.5. The monoisotopic (exact) mass is 1400 g/mol. The van der Waals surface area contributed by atoms with E-state index in [2.05, 4.69) is 60.6 Å². The van der Waals surface area contributed by atoms with E-state index in [0.29, 0.717) is 73.7 Å². The molecule has 1 fully saturated rings. The van der Waals surface area contributed by atoms with Crippen LogP contribution in [0.4, 0.5) is 18.9 Å². The first-order chi connectivity index (χ1) is 50.5. The van der Waals surface area contributed by atoms with E-state index in [1.54, 1.807) is 18.6 Å². The first-order valence-electron chi connectivity index (χ1n) is 35.2. The van der Waals surface area contributed by atoms with Crippen molar-refractivity contribution in [1.82, 2.24) is 52.6 Å². The molecule has 19 nitrogen and oxygen atoms in total. The van der Waals surface area contributed by atoms with Crippen molar-refractivity contribution in [3.63, 3.8) is 0 Å². The third-order valence-electron chi connectivity index (χ3n) is 21.5. The van der Waals surface area contributed by atoms with Crippen LogP contribution in [0.15, 0.2) is 233 Å². The lowest BCUT2D eigenvalue weighted by atomic mass is 9.82. The zero-order valence-electron chi connectivity index (χ0n) is 57.5. The molecule has 16 rings (SSSR count). The predicted octanol–water partition coefficient (Wildman–Crippen LogP) is 13.0. The fourth-order valence-corrected chi connectivity index (χ4v) is 16.5. The average Bonchev–Trinajstić information content (AvgIpc) is 1.52. The van der Waals surface area contributed by atoms with Gasteiger partial charge in [0.05, 0.1) is 59.8 Å². The zero-order chi connectivity index (χ0) is 71.7. The fourth-order valence-electron chi connectivity index (χ4n) is 16.5. The molecule has 4 aliphatic rings. The number of nitrogens with zero attached hydrogens (tertiary/aromatic N) is 11. The lowest BCUT2D eigenvalue weighted by molar-refractivity contribution is -0.151. The van der Waals surface area contributed by atoms with Gasteiger partial charge in [0.1, 0.15) is 23.1 Å². The van der Waals surface area contributed by atoms with Crippen LogP contribution in [0, 0.1) is 0 Å². The van der Waals surface area contributed by atoms with Gasteiger partial charge in [0, 0.05) is 118 Å². The maximum Gasteiger partial charge on any atom is 0.403 e. The number of imidazole rings is 3. The van der Waals surface area contributed by atoms with Crippen molar-refractivity contribution in [1.29, 1.82) is 0 Å². The minimum atomic E-state index is -4.60. The van der Waals surface area contributed by atoms with Gasteiger partial charge in [-0.25, -0.2) is 15.0 Å². The average molecular weight is 1400 g/mol. The van der Waals surface area contributed by atoms with E-state index in [9.17, 15) is 42.9 Å². The van der Waals surface area contributed by atoms with Gasteiger partial charge < -0.3 is 62.6 Å². The molecule has 6 atom stereocenters. The van der Waals surface area contributed by atoms with Gasteiger partial charge in [0.15, 0.2) is 34.7 Å². The van der Waals surface area contributed by atoms with Gasteiger partial charge >= 0.3 is 6.18 Å². The second-order valence-corrected chi connectivity index (χ2v) is 27.9. The van der Waals surface area contributed by atoms with Crippen molar-refractivity contribution in [2.75, 3.05) is 32.2 Å². The summed E-state index contributed by atoms with van der Waals surface area (Å²) in [4.78, 5) is 60.7. The first kappa shape index (κ1) is 67.2. The molecule has 6 aromatic carbocycles. The topological polar surface area (TPSA) is 208 Å². The maximum absolute atomic E-state index is 14.7. The molecule has 0 radical (unpaired) electrons. The molecule has 22 heteroatoms. The molecule has 2 unspecified atom stereocenters. The summed E-state index contributed by atoms with van der Waals surface area (Å²) in [7, 11) is 3.99. The second kappa shape index (κ2) is 27.5. The van der Waals surface area contributed by atoms with Crippen molar-refractivity contribution in [3.05, 3.63) is 300 Å². The van der Waals surface area contributed by atoms with Crippen molar-refractivity contribution in [3.8, 4) is 63.1 Å². The summed E-state index contributed by atoms with van der Waals surface area (Å²) < 4.78 is 62.0. The number of aromatic nitrogens is 9. The number of ether oxygens (including phenoxy) is 1. The second-order valence-electron chi connectivity index (χ2n) is 27.9. The van der Waals surface area contributed by atoms with Gasteiger partial charge in [-0.3, -0.25) is 14.4 Å². The SMILES string of the molecule is C[C@@H](NCc1c(-c2cccc(C(c3ccccc3)[C@H]3Cn4c(CN(c5cccc(C(c6ccccc6)[C@H]6Cn7c(CN(C)C)cnc7-c7c(O)c(=O)ccn76)c5)C5CCOCC5)cnc4-c4c(O)c(=O)ccn43)c2)nc2n1C[C@H](C(c1ccccc1)c1ccccc1)n1ccc(=O)c(O)c1-2)C(F)(F)F. The molecular formula is C82H77F3N12O7. The van der Waals surface area contributed by atoms with Gasteiger partial charge in [-0.2, -0.15) is 13.2 Å². The third-order valence-corrected chi connectivity index (χ3v) is 21.5. The van der Waals surface area contributed by atoms with E-state index in [-0.39, 0.29) is 60.0 Å². The summed E-state index contributed by atoms with van der Waals surface area (Å²) in [6, 6.07) is 57.0. The predicted molar refractivity (Wildman–Crippen MR) is 391 cm³/mol. The standard InChI is InChI=1S/C82H77F3N12O7/c1-50(82(83,84)85)86-44-62-72(89-81-75-78(103)68(100)32-37-93(75)65(49-97(62)81)69(51-18-8-4-9-19-51)52-20-10-5-11-21-52)57-28-16-26-55(40-57)70(53-22-12-6-13-23-53)63-48-96-61(43-88-80(96)74-77(102)67(99)30-35-91(63)74)46-94(58-33-38-104-39-34-58)59-29-17-27-56(41-59)71(54-24-14-7-15-25-54)64-47-95-60(45-90(2)3)42-87-79(95)73-76(101)66(98)31-36-92(64)73/h4-32,35-37,40-43,50,58,63-65,69-71,86,101-103H,33-34,38-39,44-49H2,1-3H3/t50-,63-,64-,65-,70?,71?/m1/s1. The van der Waals surface area contributed by atoms with Crippen LogP contribution in [0.25, 0.3) is 45.8 Å². The molecule has 0 spiro atoms. The van der Waals surface area contributed by atoms with Crippen LogP contribution in [0.2, 0.25) is 0 Å². The van der Waals surface area contributed by atoms with E-state index in [1.165, 1.54) is 18.2 Å². The Morgan fingerprint density at radius 1 is 0.519 bits per heavy atom. The van der Waals surface area contributed by atoms with Crippen LogP contribution in [0.1, 0.15) is 106 Å². The Labute approximate surface area is 597 Å². The van der Waals surface area contributed by atoms with Crippen LogP contribution in [0.5, 0.6) is 17.2 Å². The largest absolute Gasteiger partial charge is 0.503 e. The number of nitrogens with one attached hydrogen (secondary N) is 1. The molecule has 4 aliphatic heterocycles. The Morgan fingerprint density at radius 2 is 0.933 bits per heavy atom. The molecule has 0 saturated carbocycles. The highest BCUT2D eigenvalue weighted by Gasteiger charge is 2.43. The van der Waals surface area contributed by atoms with Gasteiger partial charge in [-0.15, -0.1) is 0 Å². The summed E-state index contributed by atoms with van der Waals surface area (Å²) in [6.45, 7) is 3.75. The van der Waals surface area contributed by atoms with Gasteiger partial charge in [-0.1, -0.05) is 152 Å². The Morgan fingerprint density at radius 3 is 1.39 bits per heavy atom. The number of anilines is 1. The summed E-state index contributed by atoms with van der Waals surface area (Å²) in [5.74, 6) is -1.46. The molecule has 104 heavy (non-hydrogen) atoms. The van der Waals surface area contributed by atoms with Gasteiger partial charge in [0.2, 0.25) is 16.3 Å². The van der Waals surface area contributed by atoms with Crippen molar-refractivity contribution < 1.29 is 33.2 Å². The van der Waals surface area contributed by atoms with Crippen LogP contribution < -0.4 is 26.5 Å². The molecule has 0 bridgehead atoms. The number of rotatable bonds is 19. The number of benzene rings is 6. The molecular weight excluding hydrogens is 1320 g/mol. The molecule has 6 aromatic heterocycles. The Kier molecular flexibility index (Phi) is 17.7. The third kappa shape index (κ3) is 12.2. The van der Waals surface area contributed by atoms with Crippen molar-refractivity contribution >= 4 is 5.69 Å². The highest BCUT2D eigenvalue weighted by atomic mass is 19.4. The minimum Gasteiger partial charge on any atom is -0.503 e. The quantitative estimate of drug-likeness (QED) is 0.0595. The van der Waals surface area contributed by atoms with Crippen molar-refractivity contribution in [2.45, 2.75) is 113 Å². The van der Waals surface area contributed by atoms with Gasteiger partial charge in [-0.05, 0) is 85.4 Å². The fraction of sp³-hybridized carbons (Fsp3) is 0.268. The molecule has 12 aromatic rings. The van der Waals surface area contributed by atoms with E-state index in [0.717, 1.165) is 70.2 Å². The van der Waals surface area contributed by atoms with Crippen LogP contribution >= 0.6 is 0 Å². The number of aromatic hydroxyl groups is 3. The van der Waals surface area contributed by atoms with Crippen LogP contribution in [-0.4, -0.2) is 108 Å². The lowest BCUT2D eigenvalue weighted by Crippen LogP contribution is -2.40. The highest BCUT2D eigenvalue weighted by molar-refractivity contribution is 5.72. The number of hydrogen-bond donors (Lipinski definition) is 4. The maximum atomic E-state index is 14.7. The van der Waals surface area contributed by atoms with E-state index >= 15 is 0 Å². The van der Waals surface area contributed by atoms with Crippen LogP contribution in [-0.2, 0) is 44.0 Å². The number of pyridine rings is 3. The van der Waals surface area contributed by atoms with Gasteiger partial charge in [0.25, 0.3) is 0 Å². The van der Waals surface area contributed by atoms with Crippen molar-refractivity contribution in [2.24, 2.45) is 0 Å². The van der Waals surface area contributed by atoms with Crippen LogP contribution in [0.3, 0.4) is 0 Å². The summed E-state index contributed by atoms with van der Waals surface area (Å²) in [5, 5.41) is 38.7. The molecule has 528 valence electrons. The molecule has 0 amide bonds. The molecule has 1 saturated heterocycles. The normalized spacial score (nSPS) is 17.1. The number of hydrogen-bond acceptors (Lipinski definition) is 13. The number of alkyl halides is 3. The molecule has 4 N–H and O–H groups in total. The highest BCUT2D eigenvalue weighted by Crippen LogP contribution is 2.50. The number of fused-ring (bicyclic) bond motifs is 9. The Bertz CT molecular complexity index is 5320. The summed E-state index contributed by atoms with van der Waals surface area (Å²) in [5.41, 5.74) is 8.58. The van der Waals surface area contributed by atoms with E-state index in [4.69, 9.17) is 19.7 Å². The summed E-state index contributed by atoms with van der Waals surface area (Å²) in [6.07, 6.45) is 5.62. The Hall–Kier alpha value is -11.3. The summed E-state index contributed by atoms with van der Waals surface area (Å²) >= 11 is 0.